The monoisotopic (exact) mass is 424 g/mol. The van der Waals surface area contributed by atoms with Crippen LogP contribution in [-0.4, -0.2) is 32.1 Å². The third-order valence-electron chi connectivity index (χ3n) is 2.47. The summed E-state index contributed by atoms with van der Waals surface area (Å²) in [7, 11) is 0. The molecule has 0 bridgehead atoms. The lowest BCUT2D eigenvalue weighted by atomic mass is 10.3. The van der Waals surface area contributed by atoms with E-state index >= 15 is 0 Å². The molecule has 4 nitrogen and oxygen atoms in total. The molecule has 1 aromatic carbocycles. The van der Waals surface area contributed by atoms with Gasteiger partial charge in [0.05, 0.1) is 0 Å². The van der Waals surface area contributed by atoms with Crippen molar-refractivity contribution in [3.05, 3.63) is 28.7 Å². The first-order chi connectivity index (χ1) is 8.34. The number of anilines is 1. The molecule has 0 unspecified atom stereocenters. The molecular weight excluding hydrogens is 407 g/mol. The average Bonchev–Trinajstić information content (AvgIpc) is 2.36. The molecule has 1 aliphatic heterocycles. The molecule has 1 heterocycles. The molecule has 3 N–H and O–H groups in total. The Kier molecular flexibility index (Phi) is 7.41. The number of halogens is 2. The molecule has 6 heteroatoms. The van der Waals surface area contributed by atoms with Gasteiger partial charge in [-0.2, -0.15) is 0 Å². The van der Waals surface area contributed by atoms with Crippen molar-refractivity contribution in [3.63, 3.8) is 0 Å². The Morgan fingerprint density at radius 2 is 2.11 bits per heavy atom. The van der Waals surface area contributed by atoms with Crippen molar-refractivity contribution in [2.75, 3.05) is 31.5 Å². The largest absolute Gasteiger partial charge is 0.383 e. The van der Waals surface area contributed by atoms with Gasteiger partial charge >= 0.3 is 0 Å². The molecule has 0 atom stereocenters. The number of aliphatic imine (C=N–C) groups is 1. The zero-order valence-electron chi connectivity index (χ0n) is 10.1. The molecule has 18 heavy (non-hydrogen) atoms. The predicted molar refractivity (Wildman–Crippen MR) is 91.0 cm³/mol. The first kappa shape index (κ1) is 15.6. The van der Waals surface area contributed by atoms with E-state index in [2.05, 4.69) is 49.0 Å². The van der Waals surface area contributed by atoms with Gasteiger partial charge in [0.25, 0.3) is 0 Å². The number of hydrogen-bond donors (Lipinski definition) is 3. The molecule has 1 aliphatic rings. The molecule has 0 aliphatic carbocycles. The second-order valence-electron chi connectivity index (χ2n) is 3.87. The Bertz CT molecular complexity index is 397. The van der Waals surface area contributed by atoms with Crippen LogP contribution in [0, 0.1) is 0 Å². The number of hydrogen-bond acceptors (Lipinski definition) is 4. The van der Waals surface area contributed by atoms with E-state index in [-0.39, 0.29) is 24.0 Å². The lowest BCUT2D eigenvalue weighted by Gasteiger charge is -2.16. The van der Waals surface area contributed by atoms with E-state index in [0.717, 1.165) is 48.7 Å². The lowest BCUT2D eigenvalue weighted by molar-refractivity contribution is 0.705. The fourth-order valence-corrected chi connectivity index (χ4v) is 2.04. The zero-order valence-corrected chi connectivity index (χ0v) is 14.0. The van der Waals surface area contributed by atoms with E-state index in [1.807, 2.05) is 12.1 Å². The van der Waals surface area contributed by atoms with Gasteiger partial charge in [0, 0.05) is 36.3 Å². The van der Waals surface area contributed by atoms with Crippen LogP contribution in [0.1, 0.15) is 6.42 Å². The highest BCUT2D eigenvalue weighted by Crippen LogP contribution is 2.14. The molecule has 100 valence electrons. The van der Waals surface area contributed by atoms with Crippen LogP contribution in [0.2, 0.25) is 0 Å². The predicted octanol–water partition coefficient (Wildman–Crippen LogP) is 2.42. The summed E-state index contributed by atoms with van der Waals surface area (Å²) >= 11 is 3.45. The molecule has 0 amide bonds. The van der Waals surface area contributed by atoms with Gasteiger partial charge in [0.1, 0.15) is 0 Å². The topological polar surface area (TPSA) is 48.5 Å². The summed E-state index contributed by atoms with van der Waals surface area (Å²) in [5.74, 6) is 0.923. The van der Waals surface area contributed by atoms with Crippen LogP contribution in [0.25, 0.3) is 0 Å². The Labute approximate surface area is 133 Å². The average molecular weight is 425 g/mol. The maximum Gasteiger partial charge on any atom is 0.191 e. The van der Waals surface area contributed by atoms with E-state index < -0.39 is 0 Å². The first-order valence-electron chi connectivity index (χ1n) is 5.86. The molecule has 2 rings (SSSR count). The molecule has 0 spiro atoms. The van der Waals surface area contributed by atoms with Crippen LogP contribution >= 0.6 is 39.9 Å². The van der Waals surface area contributed by atoms with Crippen molar-refractivity contribution < 1.29 is 0 Å². The third kappa shape index (κ3) is 5.43. The quantitative estimate of drug-likeness (QED) is 0.513. The normalized spacial score (nSPS) is 13.9. The van der Waals surface area contributed by atoms with Gasteiger partial charge in [0.2, 0.25) is 0 Å². The van der Waals surface area contributed by atoms with E-state index in [4.69, 9.17) is 0 Å². The van der Waals surface area contributed by atoms with Crippen molar-refractivity contribution in [1.82, 2.24) is 10.6 Å². The summed E-state index contributed by atoms with van der Waals surface area (Å²) in [6.45, 7) is 3.68. The molecule has 0 saturated heterocycles. The SMILES string of the molecule is Brc1cccc(NCCNC2=NCCCN2)c1.I. The van der Waals surface area contributed by atoms with Gasteiger partial charge in [-0.15, -0.1) is 24.0 Å². The van der Waals surface area contributed by atoms with Gasteiger partial charge in [-0.1, -0.05) is 22.0 Å². The Balaban J connectivity index is 0.00000162. The van der Waals surface area contributed by atoms with E-state index in [1.54, 1.807) is 0 Å². The smallest absolute Gasteiger partial charge is 0.191 e. The van der Waals surface area contributed by atoms with Crippen molar-refractivity contribution in [2.24, 2.45) is 4.99 Å². The minimum atomic E-state index is 0. The fraction of sp³-hybridized carbons (Fsp3) is 0.417. The molecule has 0 saturated carbocycles. The summed E-state index contributed by atoms with van der Waals surface area (Å²) in [5, 5.41) is 9.85. The molecule has 1 aromatic rings. The Morgan fingerprint density at radius 1 is 1.28 bits per heavy atom. The lowest BCUT2D eigenvalue weighted by Crippen LogP contribution is -2.42. The highest BCUT2D eigenvalue weighted by atomic mass is 127. The van der Waals surface area contributed by atoms with Gasteiger partial charge in [0.15, 0.2) is 5.96 Å². The van der Waals surface area contributed by atoms with Gasteiger partial charge < -0.3 is 16.0 Å². The highest BCUT2D eigenvalue weighted by molar-refractivity contribution is 14.0. The maximum absolute atomic E-state index is 4.35. The molecule has 0 fully saturated rings. The van der Waals surface area contributed by atoms with Gasteiger partial charge in [-0.25, -0.2) is 0 Å². The zero-order chi connectivity index (χ0) is 11.9. The van der Waals surface area contributed by atoms with Crippen LogP contribution in [0.3, 0.4) is 0 Å². The summed E-state index contributed by atoms with van der Waals surface area (Å²) < 4.78 is 1.09. The van der Waals surface area contributed by atoms with E-state index in [1.165, 1.54) is 0 Å². The maximum atomic E-state index is 4.35. The number of benzene rings is 1. The second-order valence-corrected chi connectivity index (χ2v) is 4.79. The summed E-state index contributed by atoms with van der Waals surface area (Å²) in [6.07, 6.45) is 1.13. The van der Waals surface area contributed by atoms with Crippen LogP contribution in [0.4, 0.5) is 5.69 Å². The Morgan fingerprint density at radius 3 is 2.83 bits per heavy atom. The van der Waals surface area contributed by atoms with Crippen molar-refractivity contribution in [3.8, 4) is 0 Å². The van der Waals surface area contributed by atoms with Crippen molar-refractivity contribution >= 4 is 51.6 Å². The van der Waals surface area contributed by atoms with Crippen LogP contribution in [0.5, 0.6) is 0 Å². The first-order valence-corrected chi connectivity index (χ1v) is 6.65. The molecule has 0 radical (unpaired) electrons. The van der Waals surface area contributed by atoms with E-state index in [0.29, 0.717) is 0 Å². The fourth-order valence-electron chi connectivity index (χ4n) is 1.64. The summed E-state index contributed by atoms with van der Waals surface area (Å²) in [4.78, 5) is 4.35. The van der Waals surface area contributed by atoms with E-state index in [9.17, 15) is 0 Å². The molecular formula is C12H18BrIN4. The van der Waals surface area contributed by atoms with Gasteiger partial charge in [-0.3, -0.25) is 4.99 Å². The standard InChI is InChI=1S/C12H17BrN4.HI/c13-10-3-1-4-11(9-10)14-7-8-17-12-15-5-2-6-16-12;/h1,3-4,9,14H,2,5-8H2,(H2,15,16,17);1H. The minimum Gasteiger partial charge on any atom is -0.383 e. The summed E-state index contributed by atoms with van der Waals surface area (Å²) in [5.41, 5.74) is 1.12. The van der Waals surface area contributed by atoms with Crippen molar-refractivity contribution in [1.29, 1.82) is 0 Å². The molecule has 0 aromatic heterocycles. The second kappa shape index (κ2) is 8.58. The third-order valence-corrected chi connectivity index (χ3v) is 2.96. The minimum absolute atomic E-state index is 0. The van der Waals surface area contributed by atoms with Crippen LogP contribution in [-0.2, 0) is 0 Å². The highest BCUT2D eigenvalue weighted by Gasteiger charge is 2.01. The number of guanidine groups is 1. The summed E-state index contributed by atoms with van der Waals surface area (Å²) in [6, 6.07) is 8.16. The van der Waals surface area contributed by atoms with Crippen LogP contribution in [0.15, 0.2) is 33.7 Å². The van der Waals surface area contributed by atoms with Crippen LogP contribution < -0.4 is 16.0 Å². The van der Waals surface area contributed by atoms with Gasteiger partial charge in [-0.05, 0) is 24.6 Å². The number of rotatable bonds is 4. The number of nitrogens with one attached hydrogen (secondary N) is 3. The number of nitrogens with zero attached hydrogens (tertiary/aromatic N) is 1. The van der Waals surface area contributed by atoms with Crippen molar-refractivity contribution in [2.45, 2.75) is 6.42 Å². The Hall–Kier alpha value is -0.500.